The molecule has 0 aliphatic carbocycles. The highest BCUT2D eigenvalue weighted by Gasteiger charge is 2.23. The second kappa shape index (κ2) is 6.25. The molecular weight excluding hydrogens is 246 g/mol. The minimum absolute atomic E-state index is 0.142. The molecule has 0 spiro atoms. The molecule has 18 heavy (non-hydrogen) atoms. The van der Waals surface area contributed by atoms with Gasteiger partial charge in [-0.05, 0) is 18.9 Å². The standard InChI is InChI=1S/C14H19NO2S/c1-11-2-4-12(5-3-11)9-18-10-14(17)15-7-6-13(16)8-15/h2-5,13,16H,6-10H2,1H3/t13-/m1/s1. The summed E-state index contributed by atoms with van der Waals surface area (Å²) in [6.07, 6.45) is 0.394. The number of likely N-dealkylation sites (tertiary alicyclic amines) is 1. The van der Waals surface area contributed by atoms with Crippen molar-refractivity contribution < 1.29 is 9.90 Å². The lowest BCUT2D eigenvalue weighted by Crippen LogP contribution is -2.30. The summed E-state index contributed by atoms with van der Waals surface area (Å²) < 4.78 is 0. The smallest absolute Gasteiger partial charge is 0.232 e. The molecule has 1 N–H and O–H groups in total. The molecule has 1 aliphatic heterocycles. The molecule has 1 atom stereocenters. The zero-order chi connectivity index (χ0) is 13.0. The van der Waals surface area contributed by atoms with Crippen molar-refractivity contribution in [2.45, 2.75) is 25.2 Å². The molecule has 0 unspecified atom stereocenters. The first-order chi connectivity index (χ1) is 8.65. The fourth-order valence-electron chi connectivity index (χ4n) is 2.00. The van der Waals surface area contributed by atoms with Crippen molar-refractivity contribution in [3.8, 4) is 0 Å². The van der Waals surface area contributed by atoms with Gasteiger partial charge in [0.25, 0.3) is 0 Å². The fourth-order valence-corrected chi connectivity index (χ4v) is 2.89. The summed E-state index contributed by atoms with van der Waals surface area (Å²) in [6.45, 7) is 3.27. The average molecular weight is 265 g/mol. The van der Waals surface area contributed by atoms with Gasteiger partial charge in [-0.15, -0.1) is 11.8 Å². The van der Waals surface area contributed by atoms with E-state index in [1.807, 2.05) is 0 Å². The molecule has 0 radical (unpaired) electrons. The maximum Gasteiger partial charge on any atom is 0.232 e. The van der Waals surface area contributed by atoms with Crippen LogP contribution in [0, 0.1) is 6.92 Å². The summed E-state index contributed by atoms with van der Waals surface area (Å²) in [5, 5.41) is 9.38. The highest BCUT2D eigenvalue weighted by molar-refractivity contribution is 7.99. The Morgan fingerprint density at radius 2 is 2.17 bits per heavy atom. The third kappa shape index (κ3) is 3.75. The molecule has 1 aliphatic rings. The quantitative estimate of drug-likeness (QED) is 0.903. The van der Waals surface area contributed by atoms with E-state index >= 15 is 0 Å². The van der Waals surface area contributed by atoms with Crippen LogP contribution in [-0.2, 0) is 10.5 Å². The number of benzene rings is 1. The molecule has 0 bridgehead atoms. The van der Waals surface area contributed by atoms with Crippen molar-refractivity contribution in [2.75, 3.05) is 18.8 Å². The van der Waals surface area contributed by atoms with Crippen LogP contribution in [0.25, 0.3) is 0 Å². The van der Waals surface area contributed by atoms with Crippen LogP contribution in [0.3, 0.4) is 0 Å². The SMILES string of the molecule is Cc1ccc(CSCC(=O)N2CC[C@@H](O)C2)cc1. The predicted octanol–water partition coefficient (Wildman–Crippen LogP) is 1.82. The van der Waals surface area contributed by atoms with Crippen molar-refractivity contribution >= 4 is 17.7 Å². The van der Waals surface area contributed by atoms with E-state index in [1.165, 1.54) is 11.1 Å². The van der Waals surface area contributed by atoms with Gasteiger partial charge in [0.1, 0.15) is 0 Å². The molecule has 1 saturated heterocycles. The summed E-state index contributed by atoms with van der Waals surface area (Å²) in [6, 6.07) is 8.39. The van der Waals surface area contributed by atoms with Gasteiger partial charge in [-0.25, -0.2) is 0 Å². The highest BCUT2D eigenvalue weighted by Crippen LogP contribution is 2.15. The number of aliphatic hydroxyl groups excluding tert-OH is 1. The number of carbonyl (C=O) groups is 1. The predicted molar refractivity (Wildman–Crippen MR) is 74.5 cm³/mol. The maximum absolute atomic E-state index is 11.8. The summed E-state index contributed by atoms with van der Waals surface area (Å²) in [5.74, 6) is 1.51. The van der Waals surface area contributed by atoms with Crippen LogP contribution >= 0.6 is 11.8 Å². The number of aryl methyl sites for hydroxylation is 1. The van der Waals surface area contributed by atoms with Crippen LogP contribution in [0.4, 0.5) is 0 Å². The lowest BCUT2D eigenvalue weighted by molar-refractivity contribution is -0.127. The molecule has 3 nitrogen and oxygen atoms in total. The number of thioether (sulfide) groups is 1. The minimum atomic E-state index is -0.323. The van der Waals surface area contributed by atoms with E-state index in [-0.39, 0.29) is 12.0 Å². The van der Waals surface area contributed by atoms with Gasteiger partial charge >= 0.3 is 0 Å². The number of rotatable bonds is 4. The molecule has 2 rings (SSSR count). The first-order valence-electron chi connectivity index (χ1n) is 6.24. The minimum Gasteiger partial charge on any atom is -0.391 e. The number of β-amino-alcohol motifs (C(OH)–C–C–N with tert-alkyl or cyclic N) is 1. The Hall–Kier alpha value is -1.00. The number of carbonyl (C=O) groups excluding carboxylic acids is 1. The van der Waals surface area contributed by atoms with E-state index in [9.17, 15) is 9.90 Å². The third-order valence-corrected chi connectivity index (χ3v) is 4.12. The van der Waals surface area contributed by atoms with E-state index in [0.29, 0.717) is 25.3 Å². The molecule has 1 fully saturated rings. The Morgan fingerprint density at radius 1 is 1.44 bits per heavy atom. The molecule has 1 amide bonds. The number of amides is 1. The third-order valence-electron chi connectivity index (χ3n) is 3.13. The summed E-state index contributed by atoms with van der Waals surface area (Å²) >= 11 is 1.64. The number of aliphatic hydroxyl groups is 1. The second-order valence-electron chi connectivity index (χ2n) is 4.76. The molecular formula is C14H19NO2S. The van der Waals surface area contributed by atoms with Gasteiger partial charge < -0.3 is 10.0 Å². The van der Waals surface area contributed by atoms with E-state index in [0.717, 1.165) is 5.75 Å². The van der Waals surface area contributed by atoms with E-state index < -0.39 is 0 Å². The van der Waals surface area contributed by atoms with Gasteiger partial charge in [0.05, 0.1) is 11.9 Å². The van der Waals surface area contributed by atoms with Gasteiger partial charge in [0, 0.05) is 18.8 Å². The molecule has 1 aromatic rings. The van der Waals surface area contributed by atoms with Crippen LogP contribution < -0.4 is 0 Å². The summed E-state index contributed by atoms with van der Waals surface area (Å²) in [7, 11) is 0. The van der Waals surface area contributed by atoms with E-state index in [1.54, 1.807) is 16.7 Å². The van der Waals surface area contributed by atoms with E-state index in [4.69, 9.17) is 0 Å². The van der Waals surface area contributed by atoms with Crippen molar-refractivity contribution in [1.29, 1.82) is 0 Å². The van der Waals surface area contributed by atoms with Gasteiger partial charge in [-0.3, -0.25) is 4.79 Å². The van der Waals surface area contributed by atoms with Crippen LogP contribution in [0.15, 0.2) is 24.3 Å². The van der Waals surface area contributed by atoms with E-state index in [2.05, 4.69) is 31.2 Å². The fraction of sp³-hybridized carbons (Fsp3) is 0.500. The first-order valence-corrected chi connectivity index (χ1v) is 7.40. The lowest BCUT2D eigenvalue weighted by Gasteiger charge is -2.15. The normalized spacial score (nSPS) is 19.2. The van der Waals surface area contributed by atoms with Crippen molar-refractivity contribution in [3.05, 3.63) is 35.4 Å². The second-order valence-corrected chi connectivity index (χ2v) is 5.75. The molecule has 1 aromatic carbocycles. The van der Waals surface area contributed by atoms with Gasteiger partial charge in [0.2, 0.25) is 5.91 Å². The molecule has 4 heteroatoms. The first kappa shape index (κ1) is 13.4. The number of nitrogens with zero attached hydrogens (tertiary/aromatic N) is 1. The molecule has 1 heterocycles. The van der Waals surface area contributed by atoms with Crippen LogP contribution in [0.2, 0.25) is 0 Å². The Morgan fingerprint density at radius 3 is 2.78 bits per heavy atom. The van der Waals surface area contributed by atoms with Crippen LogP contribution in [0.1, 0.15) is 17.5 Å². The zero-order valence-corrected chi connectivity index (χ0v) is 11.4. The van der Waals surface area contributed by atoms with Crippen molar-refractivity contribution in [3.63, 3.8) is 0 Å². The Labute approximate surface area is 112 Å². The number of hydrogen-bond donors (Lipinski definition) is 1. The van der Waals surface area contributed by atoms with Crippen LogP contribution in [-0.4, -0.2) is 40.9 Å². The van der Waals surface area contributed by atoms with Gasteiger partial charge in [-0.1, -0.05) is 29.8 Å². The Balaban J connectivity index is 1.72. The van der Waals surface area contributed by atoms with Gasteiger partial charge in [-0.2, -0.15) is 0 Å². The zero-order valence-electron chi connectivity index (χ0n) is 10.6. The Bertz CT molecular complexity index is 405. The lowest BCUT2D eigenvalue weighted by atomic mass is 10.2. The van der Waals surface area contributed by atoms with Crippen molar-refractivity contribution in [1.82, 2.24) is 4.90 Å². The average Bonchev–Trinajstić information content (AvgIpc) is 2.78. The topological polar surface area (TPSA) is 40.5 Å². The van der Waals surface area contributed by atoms with Crippen LogP contribution in [0.5, 0.6) is 0 Å². The molecule has 98 valence electrons. The highest BCUT2D eigenvalue weighted by atomic mass is 32.2. The largest absolute Gasteiger partial charge is 0.391 e. The summed E-state index contributed by atoms with van der Waals surface area (Å²) in [5.41, 5.74) is 2.51. The molecule has 0 aromatic heterocycles. The maximum atomic E-state index is 11.8. The molecule has 0 saturated carbocycles. The van der Waals surface area contributed by atoms with Crippen molar-refractivity contribution in [2.24, 2.45) is 0 Å². The number of hydrogen-bond acceptors (Lipinski definition) is 3. The summed E-state index contributed by atoms with van der Waals surface area (Å²) in [4.78, 5) is 13.6. The monoisotopic (exact) mass is 265 g/mol. The Kier molecular flexibility index (Phi) is 4.66. The van der Waals surface area contributed by atoms with Gasteiger partial charge in [0.15, 0.2) is 0 Å².